The van der Waals surface area contributed by atoms with Gasteiger partial charge in [0, 0.05) is 44.0 Å². The Labute approximate surface area is 555 Å². The first kappa shape index (κ1) is 64.5. The van der Waals surface area contributed by atoms with Crippen molar-refractivity contribution < 1.29 is 9.47 Å². The van der Waals surface area contributed by atoms with Crippen LogP contribution in [0.2, 0.25) is 0 Å². The highest BCUT2D eigenvalue weighted by molar-refractivity contribution is 6.13. The molecule has 93 heavy (non-hydrogen) atoms. The summed E-state index contributed by atoms with van der Waals surface area (Å²) in [5.41, 5.74) is 23.9. The van der Waals surface area contributed by atoms with E-state index in [9.17, 15) is 0 Å². The molecular weight excluding hydrogens is 1130 g/mol. The fraction of sp³-hybridized carbons (Fsp3) is 0.326. The second-order valence-electron chi connectivity index (χ2n) is 29.5. The number of aryl methyl sites for hydroxylation is 1. The molecule has 0 saturated carbocycles. The molecule has 0 radical (unpaired) electrons. The Morgan fingerprint density at radius 3 is 0.839 bits per heavy atom. The van der Waals surface area contributed by atoms with Crippen molar-refractivity contribution in [3.63, 3.8) is 0 Å². The summed E-state index contributed by atoms with van der Waals surface area (Å²) in [7, 11) is 0. The summed E-state index contributed by atoms with van der Waals surface area (Å²) < 4.78 is 19.2. The van der Waals surface area contributed by atoms with E-state index in [1.165, 1.54) is 140 Å². The van der Waals surface area contributed by atoms with Gasteiger partial charge < -0.3 is 18.6 Å². The Morgan fingerprint density at radius 2 is 0.548 bits per heavy atom. The van der Waals surface area contributed by atoms with Crippen LogP contribution < -0.4 is 9.47 Å². The number of ether oxygens (including phenoxy) is 2. The Bertz CT molecular complexity index is 4440. The van der Waals surface area contributed by atoms with Crippen molar-refractivity contribution in [3.05, 3.63) is 229 Å². The van der Waals surface area contributed by atoms with Crippen LogP contribution in [-0.4, -0.2) is 22.3 Å². The topological polar surface area (TPSA) is 28.3 Å². The summed E-state index contributed by atoms with van der Waals surface area (Å²) in [4.78, 5) is 0. The van der Waals surface area contributed by atoms with Gasteiger partial charge in [0.05, 0.1) is 35.3 Å². The van der Waals surface area contributed by atoms with Crippen LogP contribution in [0.15, 0.2) is 206 Å². The Balaban J connectivity index is 1.05. The van der Waals surface area contributed by atoms with Gasteiger partial charge in [-0.1, -0.05) is 267 Å². The van der Waals surface area contributed by atoms with Gasteiger partial charge in [-0.2, -0.15) is 0 Å². The number of unbranched alkanes of at least 4 members (excludes halogenated alkanes) is 10. The number of aromatic nitrogens is 2. The summed E-state index contributed by atoms with van der Waals surface area (Å²) in [6, 6.07) is 78.6. The molecule has 4 heteroatoms. The molecule has 0 amide bonds. The third kappa shape index (κ3) is 14.2. The SMILES string of the molecule is CCCCCCCCOc1ccc(-n2c3ccc(-c4ccc(C)cc4)cc3c3cc(-c4ccc(C(C)(C)C)cc4)ccc32)cc1-c1cc(-n2c3ccc(-c4ccc(C(C)(C)C)cc4)cc3c3cc(-c4ccc(C(C)(C)C)cc4)ccc32)ccc1OCCCCCCCC. The van der Waals surface area contributed by atoms with E-state index >= 15 is 0 Å². The minimum Gasteiger partial charge on any atom is -0.493 e. The van der Waals surface area contributed by atoms with E-state index in [4.69, 9.17) is 9.47 Å². The lowest BCUT2D eigenvalue weighted by Crippen LogP contribution is -2.10. The van der Waals surface area contributed by atoms with Crippen molar-refractivity contribution in [1.29, 1.82) is 0 Å². The normalized spacial score (nSPS) is 12.3. The molecule has 0 atom stereocenters. The average Bonchev–Trinajstić information content (AvgIpc) is 1.60. The van der Waals surface area contributed by atoms with Crippen molar-refractivity contribution in [2.75, 3.05) is 13.2 Å². The minimum absolute atomic E-state index is 0.0649. The van der Waals surface area contributed by atoms with Gasteiger partial charge in [-0.15, -0.1) is 0 Å². The van der Waals surface area contributed by atoms with E-state index < -0.39 is 0 Å². The fourth-order valence-electron chi connectivity index (χ4n) is 13.7. The summed E-state index contributed by atoms with van der Waals surface area (Å²) >= 11 is 0. The first-order valence-corrected chi connectivity index (χ1v) is 35.0. The molecule has 0 unspecified atom stereocenters. The second-order valence-corrected chi connectivity index (χ2v) is 29.5. The molecule has 0 saturated heterocycles. The van der Waals surface area contributed by atoms with E-state index in [0.717, 1.165) is 81.8 Å². The quantitative estimate of drug-likeness (QED) is 0.0597. The van der Waals surface area contributed by atoms with Crippen LogP contribution in [0.1, 0.15) is 175 Å². The molecule has 0 bridgehead atoms. The third-order valence-electron chi connectivity index (χ3n) is 19.4. The van der Waals surface area contributed by atoms with Crippen molar-refractivity contribution in [2.45, 2.75) is 176 Å². The number of hydrogen-bond donors (Lipinski definition) is 0. The van der Waals surface area contributed by atoms with Crippen LogP contribution in [0.25, 0.3) is 111 Å². The van der Waals surface area contributed by atoms with E-state index in [-0.39, 0.29) is 16.2 Å². The van der Waals surface area contributed by atoms with Gasteiger partial charge in [0.1, 0.15) is 11.5 Å². The highest BCUT2D eigenvalue weighted by atomic mass is 16.5. The first-order chi connectivity index (χ1) is 44.8. The Hall–Kier alpha value is -8.60. The molecule has 476 valence electrons. The van der Waals surface area contributed by atoms with E-state index in [1.54, 1.807) is 0 Å². The molecule has 0 spiro atoms. The lowest BCUT2D eigenvalue weighted by Gasteiger charge is -2.20. The largest absolute Gasteiger partial charge is 0.493 e. The molecule has 2 aromatic heterocycles. The van der Waals surface area contributed by atoms with Gasteiger partial charge in [-0.3, -0.25) is 0 Å². The summed E-state index contributed by atoms with van der Waals surface area (Å²) in [5, 5.41) is 4.86. The molecule has 12 aromatic rings. The summed E-state index contributed by atoms with van der Waals surface area (Å²) in [5.74, 6) is 1.73. The predicted molar refractivity (Wildman–Crippen MR) is 401 cm³/mol. The fourth-order valence-corrected chi connectivity index (χ4v) is 13.7. The zero-order valence-corrected chi connectivity index (χ0v) is 57.7. The summed E-state index contributed by atoms with van der Waals surface area (Å²) in [6.45, 7) is 28.6. The standard InChI is InChI=1S/C89H98N2O2/c1-13-15-17-19-21-23-53-92-85-51-45-73(90-81-47-35-66(62-27-25-61(3)26-28-62)55-75(81)76-56-67(36-48-82(76)90)63-29-39-70(40-30-63)87(4,5)6)59-79(85)80-60-74(46-52-86(80)93-54-24-22-20-18-16-14-2)91-83-49-37-68(64-31-41-71(42-32-64)88(7,8)9)57-77(83)78-58-69(38-50-84(78)91)65-33-43-72(44-34-65)89(10,11)12/h25-52,55-60H,13-24,53-54H2,1-12H3. The van der Waals surface area contributed by atoms with Crippen LogP contribution >= 0.6 is 0 Å². The Kier molecular flexibility index (Phi) is 19.1. The molecule has 10 aromatic carbocycles. The maximum Gasteiger partial charge on any atom is 0.127 e. The molecular formula is C89H98N2O2. The molecule has 12 rings (SSSR count). The number of nitrogens with zero attached hydrogens (tertiary/aromatic N) is 2. The lowest BCUT2D eigenvalue weighted by atomic mass is 9.86. The van der Waals surface area contributed by atoms with Crippen molar-refractivity contribution in [2.24, 2.45) is 0 Å². The van der Waals surface area contributed by atoms with Gasteiger partial charge in [0.2, 0.25) is 0 Å². The number of hydrogen-bond acceptors (Lipinski definition) is 2. The average molecular weight is 1230 g/mol. The first-order valence-electron chi connectivity index (χ1n) is 35.0. The van der Waals surface area contributed by atoms with E-state index in [2.05, 4.69) is 298 Å². The van der Waals surface area contributed by atoms with Gasteiger partial charge in [0.25, 0.3) is 0 Å². The van der Waals surface area contributed by atoms with Crippen LogP contribution in [0.5, 0.6) is 11.5 Å². The van der Waals surface area contributed by atoms with Gasteiger partial charge >= 0.3 is 0 Å². The van der Waals surface area contributed by atoms with Crippen LogP contribution in [-0.2, 0) is 16.2 Å². The number of benzene rings is 10. The predicted octanol–water partition coefficient (Wildman–Crippen LogP) is 25.9. The lowest BCUT2D eigenvalue weighted by molar-refractivity contribution is 0.301. The second kappa shape index (κ2) is 27.5. The van der Waals surface area contributed by atoms with Crippen LogP contribution in [0, 0.1) is 6.92 Å². The maximum atomic E-state index is 7.11. The monoisotopic (exact) mass is 1230 g/mol. The molecule has 0 aliphatic rings. The summed E-state index contributed by atoms with van der Waals surface area (Å²) in [6.07, 6.45) is 14.3. The molecule has 0 aliphatic carbocycles. The van der Waals surface area contributed by atoms with Crippen molar-refractivity contribution >= 4 is 43.6 Å². The van der Waals surface area contributed by atoms with Gasteiger partial charge in [-0.05, 0) is 182 Å². The molecule has 4 nitrogen and oxygen atoms in total. The molecule has 0 fully saturated rings. The van der Waals surface area contributed by atoms with Gasteiger partial charge in [-0.25, -0.2) is 0 Å². The maximum absolute atomic E-state index is 7.11. The smallest absolute Gasteiger partial charge is 0.127 e. The van der Waals surface area contributed by atoms with Crippen molar-refractivity contribution in [3.8, 4) is 78.5 Å². The minimum atomic E-state index is 0.0649. The third-order valence-corrected chi connectivity index (χ3v) is 19.4. The number of rotatable bonds is 23. The van der Waals surface area contributed by atoms with Crippen LogP contribution in [0.4, 0.5) is 0 Å². The Morgan fingerprint density at radius 1 is 0.280 bits per heavy atom. The van der Waals surface area contributed by atoms with Crippen molar-refractivity contribution in [1.82, 2.24) is 9.13 Å². The molecule has 0 N–H and O–H groups in total. The van der Waals surface area contributed by atoms with Crippen LogP contribution in [0.3, 0.4) is 0 Å². The zero-order chi connectivity index (χ0) is 65.0. The molecule has 2 heterocycles. The highest BCUT2D eigenvalue weighted by Gasteiger charge is 2.24. The zero-order valence-electron chi connectivity index (χ0n) is 57.7. The van der Waals surface area contributed by atoms with E-state index in [1.807, 2.05) is 0 Å². The number of fused-ring (bicyclic) bond motifs is 6. The van der Waals surface area contributed by atoms with Gasteiger partial charge in [0.15, 0.2) is 0 Å². The molecule has 0 aliphatic heterocycles. The highest BCUT2D eigenvalue weighted by Crippen LogP contribution is 2.45. The van der Waals surface area contributed by atoms with E-state index in [0.29, 0.717) is 13.2 Å².